The number of nitrogens with one attached hydrogen (secondary N) is 1. The fourth-order valence-electron chi connectivity index (χ4n) is 1.80. The molecule has 1 heterocycles. The lowest BCUT2D eigenvalue weighted by atomic mass is 10.2. The first-order valence-corrected chi connectivity index (χ1v) is 6.98. The van der Waals surface area contributed by atoms with E-state index < -0.39 is 0 Å². The van der Waals surface area contributed by atoms with Crippen molar-refractivity contribution in [2.24, 2.45) is 5.92 Å². The molecule has 0 aliphatic rings. The van der Waals surface area contributed by atoms with Crippen LogP contribution >= 0.6 is 0 Å². The Labute approximate surface area is 111 Å². The molecule has 1 aromatic heterocycles. The molecule has 0 saturated heterocycles. The van der Waals surface area contributed by atoms with E-state index in [1.54, 1.807) is 0 Å². The number of aryl methyl sites for hydroxylation is 1. The van der Waals surface area contributed by atoms with Crippen molar-refractivity contribution in [1.82, 2.24) is 9.55 Å². The molecule has 18 heavy (non-hydrogen) atoms. The van der Waals surface area contributed by atoms with Crippen molar-refractivity contribution in [2.45, 2.75) is 47.1 Å². The van der Waals surface area contributed by atoms with Gasteiger partial charge in [0.2, 0.25) is 5.95 Å². The number of ether oxygens (including phenoxy) is 1. The molecule has 0 bridgehead atoms. The lowest BCUT2D eigenvalue weighted by Crippen LogP contribution is -2.15. The molecular weight excluding hydrogens is 226 g/mol. The molecule has 0 spiro atoms. The van der Waals surface area contributed by atoms with Gasteiger partial charge in [0.1, 0.15) is 0 Å². The Morgan fingerprint density at radius 3 is 2.83 bits per heavy atom. The first-order chi connectivity index (χ1) is 8.63. The van der Waals surface area contributed by atoms with Gasteiger partial charge in [0.25, 0.3) is 0 Å². The third-order valence-electron chi connectivity index (χ3n) is 2.63. The number of hydrogen-bond donors (Lipinski definition) is 1. The summed E-state index contributed by atoms with van der Waals surface area (Å²) < 4.78 is 7.71. The second kappa shape index (κ2) is 8.14. The van der Waals surface area contributed by atoms with Gasteiger partial charge in [-0.2, -0.15) is 0 Å². The van der Waals surface area contributed by atoms with E-state index in [0.717, 1.165) is 44.4 Å². The Morgan fingerprint density at radius 1 is 1.39 bits per heavy atom. The fourth-order valence-corrected chi connectivity index (χ4v) is 1.80. The molecule has 0 fully saturated rings. The zero-order chi connectivity index (χ0) is 13.4. The third kappa shape index (κ3) is 5.54. The van der Waals surface area contributed by atoms with Gasteiger partial charge in [-0.15, -0.1) is 0 Å². The Hall–Kier alpha value is -1.03. The molecule has 1 aromatic rings. The summed E-state index contributed by atoms with van der Waals surface area (Å²) in [5.41, 5.74) is 1.06. The molecule has 0 aliphatic heterocycles. The van der Waals surface area contributed by atoms with Crippen molar-refractivity contribution in [3.05, 3.63) is 11.9 Å². The predicted molar refractivity (Wildman–Crippen MR) is 76.0 cm³/mol. The van der Waals surface area contributed by atoms with Crippen LogP contribution in [0, 0.1) is 12.8 Å². The second-order valence-electron chi connectivity index (χ2n) is 5.14. The molecule has 4 nitrogen and oxygen atoms in total. The van der Waals surface area contributed by atoms with Crippen molar-refractivity contribution >= 4 is 5.95 Å². The van der Waals surface area contributed by atoms with Crippen LogP contribution in [0.15, 0.2) is 6.20 Å². The second-order valence-corrected chi connectivity index (χ2v) is 5.14. The highest BCUT2D eigenvalue weighted by Gasteiger charge is 2.06. The standard InChI is InChI=1S/C14H27N3O/c1-5-6-8-18-9-7-15-14-16-13(4)11-17(14)10-12(2)3/h11-12H,5-10H2,1-4H3,(H,15,16). The van der Waals surface area contributed by atoms with Crippen LogP contribution in [0.25, 0.3) is 0 Å². The minimum Gasteiger partial charge on any atom is -0.380 e. The van der Waals surface area contributed by atoms with E-state index in [-0.39, 0.29) is 0 Å². The smallest absolute Gasteiger partial charge is 0.203 e. The largest absolute Gasteiger partial charge is 0.380 e. The van der Waals surface area contributed by atoms with E-state index in [9.17, 15) is 0 Å². The summed E-state index contributed by atoms with van der Waals surface area (Å²) in [6, 6.07) is 0. The summed E-state index contributed by atoms with van der Waals surface area (Å²) in [7, 11) is 0. The zero-order valence-corrected chi connectivity index (χ0v) is 12.2. The van der Waals surface area contributed by atoms with E-state index in [0.29, 0.717) is 5.92 Å². The van der Waals surface area contributed by atoms with Gasteiger partial charge in [-0.1, -0.05) is 27.2 Å². The highest BCUT2D eigenvalue weighted by molar-refractivity contribution is 5.28. The molecule has 0 aliphatic carbocycles. The first-order valence-electron chi connectivity index (χ1n) is 6.98. The van der Waals surface area contributed by atoms with Gasteiger partial charge in [-0.3, -0.25) is 0 Å². The predicted octanol–water partition coefficient (Wildman–Crippen LogP) is 3.08. The van der Waals surface area contributed by atoms with Crippen LogP contribution in [-0.4, -0.2) is 29.3 Å². The SMILES string of the molecule is CCCCOCCNc1nc(C)cn1CC(C)C. The molecule has 104 valence electrons. The quantitative estimate of drug-likeness (QED) is 0.687. The van der Waals surface area contributed by atoms with Crippen molar-refractivity contribution in [1.29, 1.82) is 0 Å². The zero-order valence-electron chi connectivity index (χ0n) is 12.2. The van der Waals surface area contributed by atoms with Crippen LogP contribution in [-0.2, 0) is 11.3 Å². The summed E-state index contributed by atoms with van der Waals surface area (Å²) in [6.07, 6.45) is 4.42. The maximum absolute atomic E-state index is 5.52. The Kier molecular flexibility index (Phi) is 6.80. The lowest BCUT2D eigenvalue weighted by molar-refractivity contribution is 0.141. The number of rotatable bonds is 9. The summed E-state index contributed by atoms with van der Waals surface area (Å²) >= 11 is 0. The van der Waals surface area contributed by atoms with E-state index in [1.165, 1.54) is 6.42 Å². The fraction of sp³-hybridized carbons (Fsp3) is 0.786. The van der Waals surface area contributed by atoms with Gasteiger partial charge in [0, 0.05) is 25.9 Å². The average Bonchev–Trinajstić information content (AvgIpc) is 2.63. The molecular formula is C14H27N3O. The van der Waals surface area contributed by atoms with Gasteiger partial charge in [-0.05, 0) is 19.3 Å². The molecule has 0 atom stereocenters. The highest BCUT2D eigenvalue weighted by Crippen LogP contribution is 2.11. The van der Waals surface area contributed by atoms with E-state index >= 15 is 0 Å². The molecule has 0 unspecified atom stereocenters. The van der Waals surface area contributed by atoms with Crippen LogP contribution in [0.2, 0.25) is 0 Å². The topological polar surface area (TPSA) is 39.1 Å². The van der Waals surface area contributed by atoms with Gasteiger partial charge in [0.15, 0.2) is 0 Å². The highest BCUT2D eigenvalue weighted by atomic mass is 16.5. The van der Waals surface area contributed by atoms with Crippen molar-refractivity contribution in [3.8, 4) is 0 Å². The van der Waals surface area contributed by atoms with Crippen LogP contribution in [0.1, 0.15) is 39.3 Å². The number of hydrogen-bond acceptors (Lipinski definition) is 3. The molecule has 0 amide bonds. The number of anilines is 1. The minimum absolute atomic E-state index is 0.625. The number of nitrogens with zero attached hydrogens (tertiary/aromatic N) is 2. The van der Waals surface area contributed by atoms with Crippen LogP contribution < -0.4 is 5.32 Å². The average molecular weight is 253 g/mol. The number of imidazole rings is 1. The lowest BCUT2D eigenvalue weighted by Gasteiger charge is -2.11. The van der Waals surface area contributed by atoms with Crippen LogP contribution in [0.4, 0.5) is 5.95 Å². The van der Waals surface area contributed by atoms with Gasteiger partial charge in [-0.25, -0.2) is 4.98 Å². The summed E-state index contributed by atoms with van der Waals surface area (Å²) in [5, 5.41) is 3.34. The van der Waals surface area contributed by atoms with Gasteiger partial charge in [0.05, 0.1) is 12.3 Å². The Morgan fingerprint density at radius 2 is 2.17 bits per heavy atom. The number of unbranched alkanes of at least 4 members (excludes halogenated alkanes) is 1. The minimum atomic E-state index is 0.625. The van der Waals surface area contributed by atoms with E-state index in [1.807, 2.05) is 6.92 Å². The monoisotopic (exact) mass is 253 g/mol. The van der Waals surface area contributed by atoms with Crippen LogP contribution in [0.5, 0.6) is 0 Å². The Balaban J connectivity index is 2.32. The van der Waals surface area contributed by atoms with Gasteiger partial charge >= 0.3 is 0 Å². The van der Waals surface area contributed by atoms with E-state index in [2.05, 4.69) is 41.8 Å². The summed E-state index contributed by atoms with van der Waals surface area (Å²) in [5.74, 6) is 1.58. The van der Waals surface area contributed by atoms with Gasteiger partial charge < -0.3 is 14.6 Å². The molecule has 1 rings (SSSR count). The molecule has 0 saturated carbocycles. The molecule has 4 heteroatoms. The molecule has 0 radical (unpaired) electrons. The summed E-state index contributed by atoms with van der Waals surface area (Å²) in [4.78, 5) is 4.49. The molecule has 0 aromatic carbocycles. The first kappa shape index (κ1) is 15.0. The maximum Gasteiger partial charge on any atom is 0.203 e. The van der Waals surface area contributed by atoms with Crippen molar-refractivity contribution in [2.75, 3.05) is 25.1 Å². The van der Waals surface area contributed by atoms with E-state index in [4.69, 9.17) is 4.74 Å². The van der Waals surface area contributed by atoms with Crippen LogP contribution in [0.3, 0.4) is 0 Å². The Bertz CT molecular complexity index is 334. The maximum atomic E-state index is 5.52. The molecule has 1 N–H and O–H groups in total. The normalized spacial score (nSPS) is 11.2. The van der Waals surface area contributed by atoms with Crippen molar-refractivity contribution < 1.29 is 4.74 Å². The summed E-state index contributed by atoms with van der Waals surface area (Å²) in [6.45, 7) is 12.1. The van der Waals surface area contributed by atoms with Crippen molar-refractivity contribution in [3.63, 3.8) is 0 Å². The number of aromatic nitrogens is 2. The third-order valence-corrected chi connectivity index (χ3v) is 2.63.